The Morgan fingerprint density at radius 2 is 1.81 bits per heavy atom. The van der Waals surface area contributed by atoms with Gasteiger partial charge in [0.25, 0.3) is 0 Å². The summed E-state index contributed by atoms with van der Waals surface area (Å²) < 4.78 is 0. The van der Waals surface area contributed by atoms with E-state index < -0.39 is 47.9 Å². The molecule has 0 aromatic rings. The van der Waals surface area contributed by atoms with E-state index in [1.807, 2.05) is 6.26 Å². The van der Waals surface area contributed by atoms with Crippen LogP contribution in [0.1, 0.15) is 39.0 Å². The van der Waals surface area contributed by atoms with Gasteiger partial charge in [-0.3, -0.25) is 19.4 Å². The van der Waals surface area contributed by atoms with Crippen molar-refractivity contribution in [1.29, 1.82) is 0 Å². The fraction of sp³-hybridized carbons (Fsp3) is 0.737. The predicted octanol–water partition coefficient (Wildman–Crippen LogP) is -1.81. The zero-order valence-electron chi connectivity index (χ0n) is 18.6. The van der Waals surface area contributed by atoms with Crippen LogP contribution in [-0.2, 0) is 19.2 Å². The molecule has 1 aliphatic heterocycles. The van der Waals surface area contributed by atoms with E-state index in [-0.39, 0.29) is 18.9 Å². The zero-order chi connectivity index (χ0) is 24.3. The number of aliphatic imine (C=N–C) groups is 1. The fourth-order valence-corrected chi connectivity index (χ4v) is 3.80. The number of carboxylic acids is 1. The number of hydrogen-bond acceptors (Lipinski definition) is 7. The third-order valence-electron chi connectivity index (χ3n) is 5.04. The van der Waals surface area contributed by atoms with Crippen molar-refractivity contribution in [1.82, 2.24) is 15.5 Å². The van der Waals surface area contributed by atoms with Gasteiger partial charge in [-0.1, -0.05) is 0 Å². The van der Waals surface area contributed by atoms with Crippen molar-refractivity contribution in [2.24, 2.45) is 22.2 Å². The number of carbonyl (C=O) groups excluding carboxylic acids is 3. The molecule has 1 rings (SSSR count). The van der Waals surface area contributed by atoms with Gasteiger partial charge in [0.05, 0.1) is 6.04 Å². The zero-order valence-corrected chi connectivity index (χ0v) is 19.4. The molecule has 32 heavy (non-hydrogen) atoms. The van der Waals surface area contributed by atoms with Crippen LogP contribution in [0.3, 0.4) is 0 Å². The topological polar surface area (TPSA) is 206 Å². The third-order valence-corrected chi connectivity index (χ3v) is 5.68. The molecule has 3 amide bonds. The normalized spacial score (nSPS) is 18.3. The molecule has 0 saturated carbocycles. The molecule has 0 radical (unpaired) electrons. The summed E-state index contributed by atoms with van der Waals surface area (Å²) in [6, 6.07) is -3.56. The summed E-state index contributed by atoms with van der Waals surface area (Å²) in [6.45, 7) is 2.09. The van der Waals surface area contributed by atoms with Crippen molar-refractivity contribution in [3.05, 3.63) is 0 Å². The summed E-state index contributed by atoms with van der Waals surface area (Å²) in [5.41, 5.74) is 16.2. The standard InChI is InChI=1S/C19H35N7O5S/c1-11(20)15(27)24-12(5-3-8-23-19(21)22)16(28)25-13(7-10-32-2)17(29)26-9-4-6-14(26)18(30)31/h11-14H,3-10,20H2,1-2H3,(H,24,27)(H,25,28)(H,30,31)(H4,21,22,23). The van der Waals surface area contributed by atoms with Crippen LogP contribution >= 0.6 is 11.8 Å². The first-order chi connectivity index (χ1) is 15.1. The second-order valence-electron chi connectivity index (χ2n) is 7.67. The smallest absolute Gasteiger partial charge is 0.326 e. The lowest BCUT2D eigenvalue weighted by atomic mass is 10.1. The number of likely N-dealkylation sites (tertiary alicyclic amines) is 1. The Kier molecular flexibility index (Phi) is 11.8. The lowest BCUT2D eigenvalue weighted by Gasteiger charge is -2.29. The van der Waals surface area contributed by atoms with E-state index in [2.05, 4.69) is 15.6 Å². The monoisotopic (exact) mass is 473 g/mol. The maximum atomic E-state index is 13.1. The van der Waals surface area contributed by atoms with Gasteiger partial charge >= 0.3 is 5.97 Å². The molecule has 1 aliphatic rings. The Balaban J connectivity index is 2.94. The van der Waals surface area contributed by atoms with Crippen molar-refractivity contribution in [2.45, 2.75) is 63.2 Å². The van der Waals surface area contributed by atoms with Crippen LogP contribution in [0.25, 0.3) is 0 Å². The largest absolute Gasteiger partial charge is 0.480 e. The minimum absolute atomic E-state index is 0.0769. The third kappa shape index (κ3) is 8.91. The number of amides is 3. The molecular weight excluding hydrogens is 438 g/mol. The van der Waals surface area contributed by atoms with E-state index in [9.17, 15) is 24.3 Å². The highest BCUT2D eigenvalue weighted by Gasteiger charge is 2.38. The molecule has 0 aliphatic carbocycles. The highest BCUT2D eigenvalue weighted by Crippen LogP contribution is 2.20. The number of nitrogens with zero attached hydrogens (tertiary/aromatic N) is 2. The van der Waals surface area contributed by atoms with Gasteiger partial charge < -0.3 is 37.8 Å². The van der Waals surface area contributed by atoms with Gasteiger partial charge in [0.2, 0.25) is 17.7 Å². The molecule has 1 fully saturated rings. The number of nitrogens with one attached hydrogen (secondary N) is 2. The minimum Gasteiger partial charge on any atom is -0.480 e. The number of hydrogen-bond donors (Lipinski definition) is 6. The van der Waals surface area contributed by atoms with Crippen LogP contribution in [0.2, 0.25) is 0 Å². The summed E-state index contributed by atoms with van der Waals surface area (Å²) in [7, 11) is 0. The van der Waals surface area contributed by atoms with E-state index in [1.165, 1.54) is 23.6 Å². The Hall–Kier alpha value is -2.54. The average Bonchev–Trinajstić information content (AvgIpc) is 3.22. The van der Waals surface area contributed by atoms with Crippen LogP contribution in [0.15, 0.2) is 4.99 Å². The second kappa shape index (κ2) is 13.8. The van der Waals surface area contributed by atoms with E-state index in [0.717, 1.165) is 0 Å². The van der Waals surface area contributed by atoms with Gasteiger partial charge in [0.1, 0.15) is 18.1 Å². The SMILES string of the molecule is CSCCC(NC(=O)C(CCCN=C(N)N)NC(=O)C(C)N)C(=O)N1CCCC1C(=O)O. The molecule has 1 saturated heterocycles. The second-order valence-corrected chi connectivity index (χ2v) is 8.65. The Morgan fingerprint density at radius 1 is 1.16 bits per heavy atom. The summed E-state index contributed by atoms with van der Waals surface area (Å²) >= 11 is 1.50. The fourth-order valence-electron chi connectivity index (χ4n) is 3.33. The van der Waals surface area contributed by atoms with Gasteiger partial charge in [-0.15, -0.1) is 0 Å². The Morgan fingerprint density at radius 3 is 2.38 bits per heavy atom. The van der Waals surface area contributed by atoms with Gasteiger partial charge in [-0.2, -0.15) is 11.8 Å². The minimum atomic E-state index is -1.06. The quantitative estimate of drug-likeness (QED) is 0.101. The molecule has 9 N–H and O–H groups in total. The van der Waals surface area contributed by atoms with E-state index in [4.69, 9.17) is 17.2 Å². The molecule has 13 heteroatoms. The summed E-state index contributed by atoms with van der Waals surface area (Å²) in [5.74, 6) is -2.04. The Bertz CT molecular complexity index is 700. The maximum absolute atomic E-state index is 13.1. The molecule has 182 valence electrons. The van der Waals surface area contributed by atoms with Crippen molar-refractivity contribution in [3.63, 3.8) is 0 Å². The van der Waals surface area contributed by atoms with Gasteiger partial charge in [-0.05, 0) is 51.0 Å². The Labute approximate surface area is 192 Å². The molecule has 0 spiro atoms. The number of carbonyl (C=O) groups is 4. The van der Waals surface area contributed by atoms with Crippen molar-refractivity contribution in [2.75, 3.05) is 25.1 Å². The highest BCUT2D eigenvalue weighted by molar-refractivity contribution is 7.98. The van der Waals surface area contributed by atoms with E-state index >= 15 is 0 Å². The number of thioether (sulfide) groups is 1. The first-order valence-corrected chi connectivity index (χ1v) is 11.9. The van der Waals surface area contributed by atoms with Gasteiger partial charge in [0, 0.05) is 13.1 Å². The first kappa shape index (κ1) is 27.5. The highest BCUT2D eigenvalue weighted by atomic mass is 32.2. The van der Waals surface area contributed by atoms with E-state index in [0.29, 0.717) is 38.0 Å². The molecule has 0 bridgehead atoms. The number of guanidine groups is 1. The van der Waals surface area contributed by atoms with E-state index in [1.54, 1.807) is 0 Å². The molecule has 0 aromatic heterocycles. The van der Waals surface area contributed by atoms with Crippen LogP contribution in [0.4, 0.5) is 0 Å². The predicted molar refractivity (Wildman–Crippen MR) is 123 cm³/mol. The molecule has 1 heterocycles. The average molecular weight is 474 g/mol. The number of carboxylic acid groups (broad SMARTS) is 1. The van der Waals surface area contributed by atoms with Gasteiger partial charge in [-0.25, -0.2) is 4.79 Å². The van der Waals surface area contributed by atoms with Crippen LogP contribution < -0.4 is 27.8 Å². The van der Waals surface area contributed by atoms with Crippen LogP contribution in [-0.4, -0.2) is 88.9 Å². The number of aliphatic carboxylic acids is 1. The van der Waals surface area contributed by atoms with Crippen molar-refractivity contribution < 1.29 is 24.3 Å². The van der Waals surface area contributed by atoms with Crippen LogP contribution in [0, 0.1) is 0 Å². The molecule has 0 aromatic carbocycles. The number of rotatable bonds is 13. The molecular formula is C19H35N7O5S. The summed E-state index contributed by atoms with van der Waals surface area (Å²) in [6.07, 6.45) is 3.80. The van der Waals surface area contributed by atoms with Crippen LogP contribution in [0.5, 0.6) is 0 Å². The molecule has 4 unspecified atom stereocenters. The lowest BCUT2D eigenvalue weighted by Crippen LogP contribution is -2.57. The molecule has 12 nitrogen and oxygen atoms in total. The van der Waals surface area contributed by atoms with Crippen molar-refractivity contribution in [3.8, 4) is 0 Å². The molecule has 4 atom stereocenters. The summed E-state index contributed by atoms with van der Waals surface area (Å²) in [5, 5.41) is 14.7. The maximum Gasteiger partial charge on any atom is 0.326 e. The first-order valence-electron chi connectivity index (χ1n) is 10.5. The van der Waals surface area contributed by atoms with Crippen molar-refractivity contribution >= 4 is 41.4 Å². The number of nitrogens with two attached hydrogens (primary N) is 3. The van der Waals surface area contributed by atoms with Gasteiger partial charge in [0.15, 0.2) is 5.96 Å². The lowest BCUT2D eigenvalue weighted by molar-refractivity contribution is -0.149. The summed E-state index contributed by atoms with van der Waals surface area (Å²) in [4.78, 5) is 54.8.